The van der Waals surface area contributed by atoms with Crippen molar-refractivity contribution in [1.29, 1.82) is 0 Å². The van der Waals surface area contributed by atoms with E-state index in [2.05, 4.69) is 137 Å². The maximum absolute atomic E-state index is 5.51. The summed E-state index contributed by atoms with van der Waals surface area (Å²) in [6.45, 7) is 0.744. The van der Waals surface area contributed by atoms with E-state index in [0.717, 1.165) is 24.6 Å². The lowest BCUT2D eigenvalue weighted by molar-refractivity contribution is 1.01. The van der Waals surface area contributed by atoms with Crippen LogP contribution in [-0.4, -0.2) is 16.1 Å². The average molecular weight is 520 g/mol. The van der Waals surface area contributed by atoms with Gasteiger partial charge >= 0.3 is 0 Å². The molecule has 4 aromatic carbocycles. The van der Waals surface area contributed by atoms with Crippen LogP contribution >= 0.6 is 11.3 Å². The van der Waals surface area contributed by atoms with Gasteiger partial charge in [0.2, 0.25) is 0 Å². The van der Waals surface area contributed by atoms with Gasteiger partial charge in [0, 0.05) is 38.5 Å². The van der Waals surface area contributed by atoms with Crippen LogP contribution in [0.5, 0.6) is 0 Å². The second-order valence-corrected chi connectivity index (χ2v) is 11.0. The van der Waals surface area contributed by atoms with Gasteiger partial charge in [0.25, 0.3) is 0 Å². The molecular weight excluding hydrogens is 494 g/mol. The van der Waals surface area contributed by atoms with E-state index in [1.54, 1.807) is 0 Å². The SMILES string of the molecule is C1=C\Cc2ccccc2N(c2nc(-n3c4ccccc4c4ccccc43)cc3c2sc2ccccc23)C\C=C/1. The molecule has 1 aliphatic rings. The summed E-state index contributed by atoms with van der Waals surface area (Å²) in [5.41, 5.74) is 4.85. The van der Waals surface area contributed by atoms with Gasteiger partial charge in [-0.05, 0) is 42.3 Å². The fraction of sp³-hybridized carbons (Fsp3) is 0.0571. The predicted molar refractivity (Wildman–Crippen MR) is 167 cm³/mol. The quantitative estimate of drug-likeness (QED) is 0.227. The summed E-state index contributed by atoms with van der Waals surface area (Å²) in [7, 11) is 0. The molecule has 4 heterocycles. The smallest absolute Gasteiger partial charge is 0.153 e. The molecule has 0 saturated carbocycles. The van der Waals surface area contributed by atoms with Gasteiger partial charge in [-0.15, -0.1) is 11.3 Å². The van der Waals surface area contributed by atoms with Crippen LogP contribution < -0.4 is 4.90 Å². The van der Waals surface area contributed by atoms with Gasteiger partial charge in [-0.2, -0.15) is 0 Å². The molecule has 3 nitrogen and oxygen atoms in total. The van der Waals surface area contributed by atoms with Crippen LogP contribution in [0.15, 0.2) is 127 Å². The van der Waals surface area contributed by atoms with Gasteiger partial charge in [-0.1, -0.05) is 97.1 Å². The molecular formula is C35H25N3S. The van der Waals surface area contributed by atoms with Crippen molar-refractivity contribution in [3.8, 4) is 5.82 Å². The van der Waals surface area contributed by atoms with E-state index in [1.165, 1.54) is 53.2 Å². The lowest BCUT2D eigenvalue weighted by Gasteiger charge is -2.26. The number of benzene rings is 4. The monoisotopic (exact) mass is 519 g/mol. The Morgan fingerprint density at radius 1 is 0.641 bits per heavy atom. The molecule has 7 aromatic rings. The molecule has 0 saturated heterocycles. The van der Waals surface area contributed by atoms with E-state index >= 15 is 0 Å². The van der Waals surface area contributed by atoms with Crippen molar-refractivity contribution in [2.24, 2.45) is 0 Å². The topological polar surface area (TPSA) is 21.1 Å². The van der Waals surface area contributed by atoms with Gasteiger partial charge in [-0.3, -0.25) is 4.57 Å². The molecule has 0 bridgehead atoms. The lowest BCUT2D eigenvalue weighted by Crippen LogP contribution is -2.20. The minimum Gasteiger partial charge on any atom is -0.321 e. The summed E-state index contributed by atoms with van der Waals surface area (Å²) in [6, 6.07) is 37.1. The summed E-state index contributed by atoms with van der Waals surface area (Å²) in [4.78, 5) is 7.91. The van der Waals surface area contributed by atoms with Crippen LogP contribution in [0.2, 0.25) is 0 Å². The van der Waals surface area contributed by atoms with Gasteiger partial charge in [0.1, 0.15) is 5.82 Å². The summed E-state index contributed by atoms with van der Waals surface area (Å²) in [5, 5.41) is 5.01. The minimum absolute atomic E-state index is 0.744. The first-order valence-electron chi connectivity index (χ1n) is 13.3. The third kappa shape index (κ3) is 3.53. The fourth-order valence-electron chi connectivity index (χ4n) is 5.93. The second kappa shape index (κ2) is 8.97. The van der Waals surface area contributed by atoms with Crippen molar-refractivity contribution < 1.29 is 0 Å². The van der Waals surface area contributed by atoms with E-state index in [9.17, 15) is 0 Å². The number of hydrogen-bond acceptors (Lipinski definition) is 3. The fourth-order valence-corrected chi connectivity index (χ4v) is 7.11. The van der Waals surface area contributed by atoms with E-state index < -0.39 is 0 Å². The van der Waals surface area contributed by atoms with Crippen molar-refractivity contribution >= 4 is 64.8 Å². The van der Waals surface area contributed by atoms with Crippen molar-refractivity contribution in [2.45, 2.75) is 6.42 Å². The van der Waals surface area contributed by atoms with Crippen molar-refractivity contribution in [3.63, 3.8) is 0 Å². The highest BCUT2D eigenvalue weighted by atomic mass is 32.1. The number of pyridine rings is 1. The largest absolute Gasteiger partial charge is 0.321 e. The van der Waals surface area contributed by atoms with E-state index in [4.69, 9.17) is 4.98 Å². The maximum Gasteiger partial charge on any atom is 0.153 e. The van der Waals surface area contributed by atoms with Crippen LogP contribution in [0.1, 0.15) is 5.56 Å². The number of aromatic nitrogens is 2. The second-order valence-electron chi connectivity index (χ2n) is 9.95. The molecule has 3 aromatic heterocycles. The number of anilines is 2. The van der Waals surface area contributed by atoms with Crippen molar-refractivity contribution in [2.75, 3.05) is 11.4 Å². The molecule has 0 unspecified atom stereocenters. The first kappa shape index (κ1) is 22.3. The predicted octanol–water partition coefficient (Wildman–Crippen LogP) is 9.35. The molecule has 0 N–H and O–H groups in total. The molecule has 0 atom stereocenters. The van der Waals surface area contributed by atoms with E-state index in [1.807, 2.05) is 11.3 Å². The molecule has 1 aliphatic heterocycles. The zero-order valence-corrected chi connectivity index (χ0v) is 22.1. The van der Waals surface area contributed by atoms with Crippen LogP contribution in [0.4, 0.5) is 11.5 Å². The van der Waals surface area contributed by atoms with Crippen LogP contribution in [0, 0.1) is 0 Å². The summed E-state index contributed by atoms with van der Waals surface area (Å²) >= 11 is 1.83. The number of rotatable bonds is 2. The summed E-state index contributed by atoms with van der Waals surface area (Å²) in [6.07, 6.45) is 9.65. The van der Waals surface area contributed by atoms with Crippen molar-refractivity contribution in [3.05, 3.63) is 133 Å². The van der Waals surface area contributed by atoms with E-state index in [-0.39, 0.29) is 0 Å². The summed E-state index contributed by atoms with van der Waals surface area (Å²) in [5.74, 6) is 1.95. The highest BCUT2D eigenvalue weighted by molar-refractivity contribution is 7.26. The molecule has 0 amide bonds. The minimum atomic E-state index is 0.744. The third-order valence-corrected chi connectivity index (χ3v) is 8.87. The molecule has 0 spiro atoms. The Morgan fingerprint density at radius 2 is 1.31 bits per heavy atom. The Bertz CT molecular complexity index is 2040. The Labute approximate surface area is 230 Å². The Morgan fingerprint density at radius 3 is 2.13 bits per heavy atom. The van der Waals surface area contributed by atoms with E-state index in [0.29, 0.717) is 0 Å². The van der Waals surface area contributed by atoms with Crippen LogP contribution in [0.3, 0.4) is 0 Å². The van der Waals surface area contributed by atoms with Crippen LogP contribution in [-0.2, 0) is 6.42 Å². The average Bonchev–Trinajstić information content (AvgIpc) is 3.55. The zero-order chi connectivity index (χ0) is 25.8. The van der Waals surface area contributed by atoms with Crippen molar-refractivity contribution in [1.82, 2.24) is 9.55 Å². The standard InChI is InChI=1S/C35H25N3S/c1-2-12-22-37(29-18-8-4-14-24(29)13-3-1)35-34-28(27-17-7-11-21-32(27)39-34)23-33(36-35)38-30-19-9-5-15-25(30)26-16-6-10-20-31(26)38/h1-12,14-21,23H,13,22H2/b3-1-,12-2-. The molecule has 4 heteroatoms. The Balaban J connectivity index is 1.49. The van der Waals surface area contributed by atoms with Crippen LogP contribution in [0.25, 0.3) is 47.8 Å². The van der Waals surface area contributed by atoms with Gasteiger partial charge in [-0.25, -0.2) is 4.98 Å². The highest BCUT2D eigenvalue weighted by Crippen LogP contribution is 2.43. The first-order valence-corrected chi connectivity index (χ1v) is 14.2. The molecule has 8 rings (SSSR count). The lowest BCUT2D eigenvalue weighted by atomic mass is 10.1. The number of hydrogen-bond donors (Lipinski definition) is 0. The Hall–Kier alpha value is -4.67. The normalized spacial score (nSPS) is 15.3. The number of allylic oxidation sites excluding steroid dienone is 3. The van der Waals surface area contributed by atoms with Gasteiger partial charge in [0.15, 0.2) is 5.82 Å². The Kier molecular flexibility index (Phi) is 5.13. The molecule has 0 radical (unpaired) electrons. The molecule has 0 aliphatic carbocycles. The number of nitrogens with zero attached hydrogens (tertiary/aromatic N) is 3. The highest BCUT2D eigenvalue weighted by Gasteiger charge is 2.22. The number of fused-ring (bicyclic) bond motifs is 7. The van der Waals surface area contributed by atoms with Gasteiger partial charge < -0.3 is 4.90 Å². The zero-order valence-electron chi connectivity index (χ0n) is 21.3. The summed E-state index contributed by atoms with van der Waals surface area (Å²) < 4.78 is 4.83. The molecule has 186 valence electrons. The molecule has 0 fully saturated rings. The maximum atomic E-state index is 5.51. The third-order valence-electron chi connectivity index (χ3n) is 7.69. The number of para-hydroxylation sites is 3. The van der Waals surface area contributed by atoms with Gasteiger partial charge in [0.05, 0.1) is 15.7 Å². The first-order chi connectivity index (χ1) is 19.4. The number of thiophene rings is 1. The molecule has 39 heavy (non-hydrogen) atoms.